The molecule has 0 atom stereocenters. The number of anilines is 1. The van der Waals surface area contributed by atoms with Gasteiger partial charge in [-0.2, -0.15) is 5.10 Å². The first-order chi connectivity index (χ1) is 5.86. The zero-order chi connectivity index (χ0) is 8.81. The van der Waals surface area contributed by atoms with Gasteiger partial charge in [-0.25, -0.2) is 0 Å². The Morgan fingerprint density at radius 2 is 2.25 bits per heavy atom. The molecule has 0 fully saturated rings. The summed E-state index contributed by atoms with van der Waals surface area (Å²) in [4.78, 5) is 0. The predicted octanol–water partition coefficient (Wildman–Crippen LogP) is 1.88. The second-order valence-corrected chi connectivity index (χ2v) is 2.71. The van der Waals surface area contributed by atoms with Crippen molar-refractivity contribution in [1.29, 1.82) is 0 Å². The molecule has 0 saturated heterocycles. The van der Waals surface area contributed by atoms with Crippen LogP contribution in [0, 0.1) is 6.20 Å². The van der Waals surface area contributed by atoms with E-state index in [2.05, 4.69) is 35.6 Å². The highest BCUT2D eigenvalue weighted by Gasteiger charge is 2.01. The second-order valence-electron chi connectivity index (χ2n) is 2.71. The summed E-state index contributed by atoms with van der Waals surface area (Å²) in [5.74, 6) is 0. The molecule has 1 rings (SSSR count). The summed E-state index contributed by atoms with van der Waals surface area (Å²) in [6, 6.07) is 2.40. The van der Waals surface area contributed by atoms with Crippen molar-refractivity contribution in [2.45, 2.75) is 32.7 Å². The summed E-state index contributed by atoms with van der Waals surface area (Å²) in [6.07, 6.45) is 6.70. The maximum Gasteiger partial charge on any atom is 0.138 e. The molecule has 1 N–H and O–H groups in total. The molecule has 0 aliphatic carbocycles. The van der Waals surface area contributed by atoms with E-state index in [1.54, 1.807) is 6.20 Å². The van der Waals surface area contributed by atoms with E-state index in [1.165, 1.54) is 0 Å². The summed E-state index contributed by atoms with van der Waals surface area (Å²) in [7, 11) is 0. The van der Waals surface area contributed by atoms with Crippen LogP contribution in [0.15, 0.2) is 12.3 Å². The molecule has 1 aromatic heterocycles. The number of hydrogen-bond donors (Lipinski definition) is 1. The van der Waals surface area contributed by atoms with Crippen LogP contribution in [0.2, 0.25) is 0 Å². The van der Waals surface area contributed by atoms with Gasteiger partial charge in [0, 0.05) is 6.04 Å². The van der Waals surface area contributed by atoms with E-state index < -0.39 is 0 Å². The van der Waals surface area contributed by atoms with Crippen LogP contribution < -0.4 is 5.32 Å². The zero-order valence-corrected chi connectivity index (χ0v) is 7.54. The molecule has 0 amide bonds. The Hall–Kier alpha value is -1.12. The molecule has 0 aromatic carbocycles. The van der Waals surface area contributed by atoms with Gasteiger partial charge in [0.1, 0.15) is 6.20 Å². The number of rotatable bonds is 4. The molecule has 0 aliphatic heterocycles. The minimum atomic E-state index is 0.519. The van der Waals surface area contributed by atoms with Gasteiger partial charge >= 0.3 is 0 Å². The van der Waals surface area contributed by atoms with Crippen molar-refractivity contribution < 1.29 is 0 Å². The van der Waals surface area contributed by atoms with E-state index in [-0.39, 0.29) is 0 Å². The van der Waals surface area contributed by atoms with Gasteiger partial charge in [-0.05, 0) is 18.9 Å². The summed E-state index contributed by atoms with van der Waals surface area (Å²) in [6.45, 7) is 4.32. The van der Waals surface area contributed by atoms with E-state index in [0.717, 1.165) is 18.5 Å². The van der Waals surface area contributed by atoms with Crippen molar-refractivity contribution in [3.63, 3.8) is 0 Å². The fourth-order valence-corrected chi connectivity index (χ4v) is 1.05. The van der Waals surface area contributed by atoms with Gasteiger partial charge in [0.05, 0.1) is 11.9 Å². The van der Waals surface area contributed by atoms with Crippen molar-refractivity contribution in [1.82, 2.24) is 10.2 Å². The average Bonchev–Trinajstić information content (AvgIpc) is 2.16. The standard InChI is InChI=1S/C9H14N3/c1-3-8(4-2)12-9-5-6-10-11-7-9/h5-6,8H,3-4H2,1-2H3,(H,10,12). The molecule has 1 radical (unpaired) electrons. The maximum absolute atomic E-state index is 3.67. The van der Waals surface area contributed by atoms with Gasteiger partial charge in [-0.3, -0.25) is 0 Å². The smallest absolute Gasteiger partial charge is 0.138 e. The van der Waals surface area contributed by atoms with Crippen LogP contribution >= 0.6 is 0 Å². The summed E-state index contributed by atoms with van der Waals surface area (Å²) < 4.78 is 0. The van der Waals surface area contributed by atoms with E-state index >= 15 is 0 Å². The number of aromatic nitrogens is 2. The normalized spacial score (nSPS) is 10.2. The molecule has 0 spiro atoms. The lowest BCUT2D eigenvalue weighted by Crippen LogP contribution is -2.17. The third kappa shape index (κ3) is 2.49. The lowest BCUT2D eigenvalue weighted by molar-refractivity contribution is 0.670. The first-order valence-corrected chi connectivity index (χ1v) is 4.32. The Morgan fingerprint density at radius 3 is 2.75 bits per heavy atom. The van der Waals surface area contributed by atoms with Crippen LogP contribution in [0.4, 0.5) is 5.69 Å². The van der Waals surface area contributed by atoms with E-state index in [0.29, 0.717) is 6.04 Å². The Labute approximate surface area is 73.2 Å². The third-order valence-corrected chi connectivity index (χ3v) is 1.88. The van der Waals surface area contributed by atoms with Crippen LogP contribution in [0.25, 0.3) is 0 Å². The average molecular weight is 164 g/mol. The topological polar surface area (TPSA) is 37.8 Å². The summed E-state index contributed by atoms with van der Waals surface area (Å²) in [5, 5.41) is 10.6. The van der Waals surface area contributed by atoms with Crippen molar-refractivity contribution >= 4 is 5.69 Å². The number of nitrogens with one attached hydrogen (secondary N) is 1. The van der Waals surface area contributed by atoms with Crippen LogP contribution in [-0.2, 0) is 0 Å². The molecule has 0 bridgehead atoms. The molecule has 0 unspecified atom stereocenters. The molecular formula is C9H14N3. The fourth-order valence-electron chi connectivity index (χ4n) is 1.05. The minimum absolute atomic E-state index is 0.519. The zero-order valence-electron chi connectivity index (χ0n) is 7.54. The van der Waals surface area contributed by atoms with E-state index in [4.69, 9.17) is 0 Å². The van der Waals surface area contributed by atoms with Crippen molar-refractivity contribution in [2.75, 3.05) is 5.32 Å². The van der Waals surface area contributed by atoms with Crippen LogP contribution in [0.5, 0.6) is 0 Å². The van der Waals surface area contributed by atoms with Gasteiger partial charge in [0.25, 0.3) is 0 Å². The molecule has 3 heteroatoms. The Balaban J connectivity index is 2.51. The Kier molecular flexibility index (Phi) is 3.51. The number of hydrogen-bond acceptors (Lipinski definition) is 3. The molecule has 65 valence electrons. The SMILES string of the molecule is CCC(CC)Nc1[c]nncc1. The summed E-state index contributed by atoms with van der Waals surface area (Å²) >= 11 is 0. The highest BCUT2D eigenvalue weighted by Crippen LogP contribution is 2.07. The maximum atomic E-state index is 3.67. The van der Waals surface area contributed by atoms with Crippen molar-refractivity contribution in [2.24, 2.45) is 0 Å². The lowest BCUT2D eigenvalue weighted by Gasteiger charge is -2.14. The minimum Gasteiger partial charge on any atom is -0.380 e. The molecule has 3 nitrogen and oxygen atoms in total. The monoisotopic (exact) mass is 164 g/mol. The van der Waals surface area contributed by atoms with Gasteiger partial charge < -0.3 is 5.32 Å². The Bertz CT molecular complexity index is 206. The predicted molar refractivity (Wildman–Crippen MR) is 48.9 cm³/mol. The van der Waals surface area contributed by atoms with Gasteiger partial charge in [-0.15, -0.1) is 5.10 Å². The largest absolute Gasteiger partial charge is 0.380 e. The van der Waals surface area contributed by atoms with Gasteiger partial charge in [0.15, 0.2) is 0 Å². The molecule has 1 aromatic rings. The molecule has 1 heterocycles. The molecule has 0 saturated carbocycles. The van der Waals surface area contributed by atoms with Crippen LogP contribution in [0.3, 0.4) is 0 Å². The lowest BCUT2D eigenvalue weighted by atomic mass is 10.2. The van der Waals surface area contributed by atoms with Crippen molar-refractivity contribution in [3.8, 4) is 0 Å². The molecule has 0 aliphatic rings. The van der Waals surface area contributed by atoms with Gasteiger partial charge in [-0.1, -0.05) is 13.8 Å². The van der Waals surface area contributed by atoms with Gasteiger partial charge in [0.2, 0.25) is 0 Å². The first kappa shape index (κ1) is 8.97. The highest BCUT2D eigenvalue weighted by molar-refractivity contribution is 5.38. The van der Waals surface area contributed by atoms with E-state index in [1.807, 2.05) is 6.07 Å². The molecular weight excluding hydrogens is 150 g/mol. The number of nitrogens with zero attached hydrogens (tertiary/aromatic N) is 2. The second kappa shape index (κ2) is 4.70. The van der Waals surface area contributed by atoms with Crippen LogP contribution in [0.1, 0.15) is 26.7 Å². The highest BCUT2D eigenvalue weighted by atomic mass is 15.1. The van der Waals surface area contributed by atoms with Crippen LogP contribution in [-0.4, -0.2) is 16.2 Å². The first-order valence-electron chi connectivity index (χ1n) is 4.32. The van der Waals surface area contributed by atoms with E-state index in [9.17, 15) is 0 Å². The third-order valence-electron chi connectivity index (χ3n) is 1.88. The fraction of sp³-hybridized carbons (Fsp3) is 0.556. The van der Waals surface area contributed by atoms with Crippen molar-refractivity contribution in [3.05, 3.63) is 18.5 Å². The molecule has 12 heavy (non-hydrogen) atoms. The quantitative estimate of drug-likeness (QED) is 0.738. The summed E-state index contributed by atoms with van der Waals surface area (Å²) in [5.41, 5.74) is 0.929. The Morgan fingerprint density at radius 1 is 1.50 bits per heavy atom.